The molecule has 0 unspecified atom stereocenters. The van der Waals surface area contributed by atoms with E-state index in [1.165, 1.54) is 6.33 Å². The van der Waals surface area contributed by atoms with Crippen LogP contribution in [0.2, 0.25) is 0 Å². The smallest absolute Gasteiger partial charge is 0.203 e. The van der Waals surface area contributed by atoms with E-state index in [1.807, 2.05) is 12.3 Å². The van der Waals surface area contributed by atoms with Gasteiger partial charge in [0.05, 0.1) is 11.7 Å². The van der Waals surface area contributed by atoms with Crippen molar-refractivity contribution in [3.63, 3.8) is 0 Å². The zero-order valence-electron chi connectivity index (χ0n) is 8.10. The highest BCUT2D eigenvalue weighted by Crippen LogP contribution is 2.13. The van der Waals surface area contributed by atoms with E-state index in [1.54, 1.807) is 0 Å². The SMILES string of the molecule is CC(C)n1ccc2/c(=N/O)nc[nH]c21. The normalized spacial score (nSPS) is 12.9. The van der Waals surface area contributed by atoms with E-state index in [-0.39, 0.29) is 0 Å². The van der Waals surface area contributed by atoms with Crippen LogP contribution in [0.25, 0.3) is 11.0 Å². The van der Waals surface area contributed by atoms with Crippen molar-refractivity contribution in [2.45, 2.75) is 19.9 Å². The van der Waals surface area contributed by atoms with Gasteiger partial charge in [0.25, 0.3) is 0 Å². The van der Waals surface area contributed by atoms with Gasteiger partial charge in [-0.2, -0.15) is 0 Å². The second-order valence-electron chi connectivity index (χ2n) is 3.41. The van der Waals surface area contributed by atoms with Gasteiger partial charge in [0.15, 0.2) is 0 Å². The van der Waals surface area contributed by atoms with Crippen LogP contribution in [0.3, 0.4) is 0 Å². The summed E-state index contributed by atoms with van der Waals surface area (Å²) in [6.45, 7) is 4.17. The summed E-state index contributed by atoms with van der Waals surface area (Å²) in [5.41, 5.74) is 1.26. The van der Waals surface area contributed by atoms with Gasteiger partial charge in [-0.05, 0) is 19.9 Å². The molecule has 2 aromatic heterocycles. The number of rotatable bonds is 1. The Morgan fingerprint density at radius 3 is 3.00 bits per heavy atom. The lowest BCUT2D eigenvalue weighted by molar-refractivity contribution is 0.299. The van der Waals surface area contributed by atoms with Gasteiger partial charge in [-0.15, -0.1) is 0 Å². The van der Waals surface area contributed by atoms with E-state index in [0.29, 0.717) is 11.5 Å². The molecular formula is C9H12N4O. The Labute approximate surface area is 80.7 Å². The maximum Gasteiger partial charge on any atom is 0.203 e. The lowest BCUT2D eigenvalue weighted by Crippen LogP contribution is -2.09. The predicted octanol–water partition coefficient (Wildman–Crippen LogP) is 1.24. The fraction of sp³-hybridized carbons (Fsp3) is 0.333. The standard InChI is InChI=1S/C9H12N4O/c1-6(2)13-4-3-7-8(12-14)10-5-11-9(7)13/h3-6,14H,1-2H3,(H,10,11,12). The van der Waals surface area contributed by atoms with E-state index < -0.39 is 0 Å². The number of aromatic amines is 1. The highest BCUT2D eigenvalue weighted by Gasteiger charge is 2.05. The molecule has 0 aliphatic heterocycles. The maximum absolute atomic E-state index is 8.72. The van der Waals surface area contributed by atoms with Crippen LogP contribution < -0.4 is 5.49 Å². The minimum Gasteiger partial charge on any atom is -0.409 e. The van der Waals surface area contributed by atoms with E-state index in [0.717, 1.165) is 11.0 Å². The third kappa shape index (κ3) is 1.17. The molecule has 2 rings (SSSR count). The molecule has 2 N–H and O–H groups in total. The molecule has 74 valence electrons. The van der Waals surface area contributed by atoms with Gasteiger partial charge < -0.3 is 14.8 Å². The molecular weight excluding hydrogens is 180 g/mol. The summed E-state index contributed by atoms with van der Waals surface area (Å²) in [5, 5.41) is 12.7. The van der Waals surface area contributed by atoms with E-state index >= 15 is 0 Å². The largest absolute Gasteiger partial charge is 0.409 e. The lowest BCUT2D eigenvalue weighted by Gasteiger charge is -2.07. The van der Waals surface area contributed by atoms with Gasteiger partial charge in [-0.25, -0.2) is 4.98 Å². The minimum absolute atomic E-state index is 0.346. The van der Waals surface area contributed by atoms with E-state index in [2.05, 4.69) is 33.5 Å². The second-order valence-corrected chi connectivity index (χ2v) is 3.41. The Kier molecular flexibility index (Phi) is 1.99. The van der Waals surface area contributed by atoms with Crippen LogP contribution in [0.5, 0.6) is 0 Å². The first kappa shape index (κ1) is 8.80. The van der Waals surface area contributed by atoms with Gasteiger partial charge in [-0.1, -0.05) is 5.16 Å². The summed E-state index contributed by atoms with van der Waals surface area (Å²) in [5.74, 6) is 0. The fourth-order valence-electron chi connectivity index (χ4n) is 1.51. The molecule has 0 spiro atoms. The molecule has 14 heavy (non-hydrogen) atoms. The zero-order chi connectivity index (χ0) is 10.1. The molecule has 0 saturated heterocycles. The Bertz CT molecular complexity index is 509. The molecule has 0 fully saturated rings. The highest BCUT2D eigenvalue weighted by atomic mass is 16.4. The van der Waals surface area contributed by atoms with Crippen molar-refractivity contribution in [2.75, 3.05) is 0 Å². The molecule has 0 radical (unpaired) electrons. The molecule has 0 atom stereocenters. The Balaban J connectivity index is 2.83. The van der Waals surface area contributed by atoms with Gasteiger partial charge in [-0.3, -0.25) is 0 Å². The second kappa shape index (κ2) is 3.17. The van der Waals surface area contributed by atoms with Crippen molar-refractivity contribution in [1.82, 2.24) is 14.5 Å². The number of nitrogens with one attached hydrogen (secondary N) is 1. The fourth-order valence-corrected chi connectivity index (χ4v) is 1.51. The van der Waals surface area contributed by atoms with Gasteiger partial charge in [0.1, 0.15) is 5.65 Å². The van der Waals surface area contributed by atoms with Crippen LogP contribution in [0.1, 0.15) is 19.9 Å². The number of H-pyrrole nitrogens is 1. The van der Waals surface area contributed by atoms with Crippen LogP contribution in [0.4, 0.5) is 0 Å². The summed E-state index contributed by atoms with van der Waals surface area (Å²) >= 11 is 0. The molecule has 0 aliphatic rings. The quantitative estimate of drug-likeness (QED) is 0.527. The molecule has 5 heteroatoms. The first-order chi connectivity index (χ1) is 6.74. The average Bonchev–Trinajstić information content (AvgIpc) is 2.60. The van der Waals surface area contributed by atoms with Crippen molar-refractivity contribution >= 4 is 11.0 Å². The van der Waals surface area contributed by atoms with Crippen LogP contribution in [0, 0.1) is 0 Å². The molecule has 0 aliphatic carbocycles. The van der Waals surface area contributed by atoms with Crippen molar-refractivity contribution in [3.05, 3.63) is 24.1 Å². The third-order valence-corrected chi connectivity index (χ3v) is 2.20. The van der Waals surface area contributed by atoms with Gasteiger partial charge in [0.2, 0.25) is 5.49 Å². The van der Waals surface area contributed by atoms with Crippen LogP contribution in [-0.4, -0.2) is 19.7 Å². The van der Waals surface area contributed by atoms with Crippen molar-refractivity contribution in [3.8, 4) is 0 Å². The van der Waals surface area contributed by atoms with Crippen molar-refractivity contribution < 1.29 is 5.21 Å². The van der Waals surface area contributed by atoms with Crippen molar-refractivity contribution in [2.24, 2.45) is 5.16 Å². The number of fused-ring (bicyclic) bond motifs is 1. The summed E-state index contributed by atoms with van der Waals surface area (Å²) < 4.78 is 2.06. The molecule has 5 nitrogen and oxygen atoms in total. The summed E-state index contributed by atoms with van der Waals surface area (Å²) in [7, 11) is 0. The number of hydrogen-bond acceptors (Lipinski definition) is 3. The molecule has 0 saturated carbocycles. The molecule has 0 bridgehead atoms. The molecule has 2 heterocycles. The zero-order valence-corrected chi connectivity index (χ0v) is 8.10. The van der Waals surface area contributed by atoms with E-state index in [4.69, 9.17) is 5.21 Å². The van der Waals surface area contributed by atoms with E-state index in [9.17, 15) is 0 Å². The maximum atomic E-state index is 8.72. The van der Waals surface area contributed by atoms with Crippen LogP contribution in [-0.2, 0) is 0 Å². The number of nitrogens with zero attached hydrogens (tertiary/aromatic N) is 3. The monoisotopic (exact) mass is 192 g/mol. The summed E-state index contributed by atoms with van der Waals surface area (Å²) in [6, 6.07) is 2.24. The predicted molar refractivity (Wildman–Crippen MR) is 51.8 cm³/mol. The number of aromatic nitrogens is 3. The number of hydrogen-bond donors (Lipinski definition) is 2. The van der Waals surface area contributed by atoms with Gasteiger partial charge in [0, 0.05) is 12.2 Å². The average molecular weight is 192 g/mol. The summed E-state index contributed by atoms with van der Waals surface area (Å²) in [6.07, 6.45) is 3.47. The van der Waals surface area contributed by atoms with Crippen molar-refractivity contribution in [1.29, 1.82) is 0 Å². The van der Waals surface area contributed by atoms with Crippen LogP contribution >= 0.6 is 0 Å². The molecule has 2 aromatic rings. The first-order valence-corrected chi connectivity index (χ1v) is 4.46. The van der Waals surface area contributed by atoms with Gasteiger partial charge >= 0.3 is 0 Å². The molecule has 0 amide bonds. The highest BCUT2D eigenvalue weighted by molar-refractivity contribution is 5.74. The summed E-state index contributed by atoms with van der Waals surface area (Å²) in [4.78, 5) is 6.95. The molecule has 0 aromatic carbocycles. The Hall–Kier alpha value is -1.78. The third-order valence-electron chi connectivity index (χ3n) is 2.20. The first-order valence-electron chi connectivity index (χ1n) is 4.46. The lowest BCUT2D eigenvalue weighted by atomic mass is 10.4. The topological polar surface area (TPSA) is 66.2 Å². The Morgan fingerprint density at radius 1 is 1.57 bits per heavy atom. The van der Waals surface area contributed by atoms with Crippen LogP contribution in [0.15, 0.2) is 23.7 Å². The minimum atomic E-state index is 0.346. The Morgan fingerprint density at radius 2 is 2.36 bits per heavy atom.